The Labute approximate surface area is 163 Å². The van der Waals surface area contributed by atoms with E-state index in [-0.39, 0.29) is 36.1 Å². The highest BCUT2D eigenvalue weighted by molar-refractivity contribution is 5.82. The van der Waals surface area contributed by atoms with Crippen LogP contribution in [0.25, 0.3) is 11.4 Å². The van der Waals surface area contributed by atoms with Crippen molar-refractivity contribution in [2.75, 3.05) is 6.61 Å². The first-order chi connectivity index (χ1) is 14.0. The number of aryl methyl sites for hydroxylation is 1. The van der Waals surface area contributed by atoms with E-state index in [0.29, 0.717) is 5.56 Å². The number of hydrazine groups is 1. The van der Waals surface area contributed by atoms with Crippen LogP contribution in [0, 0.1) is 11.6 Å². The second-order valence-corrected chi connectivity index (χ2v) is 5.83. The molecule has 0 spiro atoms. The predicted octanol–water partition coefficient (Wildman–Crippen LogP) is 2.17. The van der Waals surface area contributed by atoms with Crippen LogP contribution in [-0.2, 0) is 16.0 Å². The van der Waals surface area contributed by atoms with E-state index in [0.717, 1.165) is 0 Å². The lowest BCUT2D eigenvalue weighted by molar-refractivity contribution is -0.130. The fourth-order valence-corrected chi connectivity index (χ4v) is 2.24. The van der Waals surface area contributed by atoms with Crippen molar-refractivity contribution in [3.05, 3.63) is 66.1 Å². The van der Waals surface area contributed by atoms with Crippen LogP contribution in [0.2, 0.25) is 0 Å². The van der Waals surface area contributed by atoms with Crippen molar-refractivity contribution in [3.8, 4) is 17.1 Å². The van der Waals surface area contributed by atoms with Gasteiger partial charge in [0.1, 0.15) is 5.82 Å². The molecule has 0 bridgehead atoms. The molecule has 2 aromatic carbocycles. The zero-order valence-corrected chi connectivity index (χ0v) is 15.0. The number of nitrogens with one attached hydrogen (secondary N) is 2. The quantitative estimate of drug-likeness (QED) is 0.587. The van der Waals surface area contributed by atoms with Crippen molar-refractivity contribution in [2.24, 2.45) is 0 Å². The molecule has 3 aromatic rings. The first-order valence-electron chi connectivity index (χ1n) is 8.55. The van der Waals surface area contributed by atoms with E-state index in [4.69, 9.17) is 9.26 Å². The summed E-state index contributed by atoms with van der Waals surface area (Å²) in [6, 6.07) is 11.2. The van der Waals surface area contributed by atoms with Gasteiger partial charge in [-0.2, -0.15) is 4.98 Å². The van der Waals surface area contributed by atoms with E-state index in [1.54, 1.807) is 6.07 Å². The Bertz CT molecular complexity index is 992. The molecule has 10 heteroatoms. The third-order valence-electron chi connectivity index (χ3n) is 3.67. The van der Waals surface area contributed by atoms with Crippen molar-refractivity contribution in [2.45, 2.75) is 12.8 Å². The monoisotopic (exact) mass is 402 g/mol. The van der Waals surface area contributed by atoms with Crippen LogP contribution in [0.3, 0.4) is 0 Å². The van der Waals surface area contributed by atoms with Crippen LogP contribution in [0.5, 0.6) is 5.75 Å². The molecular formula is C19H16F2N4O4. The van der Waals surface area contributed by atoms with Crippen LogP contribution >= 0.6 is 0 Å². The standard InChI is InChI=1S/C19H16F2N4O4/c20-13-7-5-12(6-8-13)19-22-18(29-25-19)10-9-16(26)23-24-17(27)11-28-15-4-2-1-3-14(15)21/h1-8H,9-11H2,(H,23,26)(H,24,27). The topological polar surface area (TPSA) is 106 Å². The number of benzene rings is 2. The second kappa shape index (κ2) is 9.40. The molecule has 0 aliphatic carbocycles. The molecule has 2 N–H and O–H groups in total. The smallest absolute Gasteiger partial charge is 0.276 e. The van der Waals surface area contributed by atoms with E-state index in [2.05, 4.69) is 21.0 Å². The van der Waals surface area contributed by atoms with E-state index in [1.165, 1.54) is 42.5 Å². The summed E-state index contributed by atoms with van der Waals surface area (Å²) in [4.78, 5) is 27.6. The van der Waals surface area contributed by atoms with E-state index in [1.807, 2.05) is 0 Å². The Morgan fingerprint density at radius 2 is 1.72 bits per heavy atom. The number of para-hydroxylation sites is 1. The van der Waals surface area contributed by atoms with Crippen LogP contribution in [-0.4, -0.2) is 28.6 Å². The molecule has 1 aromatic heterocycles. The molecule has 0 saturated carbocycles. The molecule has 0 unspecified atom stereocenters. The van der Waals surface area contributed by atoms with Gasteiger partial charge in [0.2, 0.25) is 17.6 Å². The molecular weight excluding hydrogens is 386 g/mol. The number of carbonyl (C=O) groups is 2. The summed E-state index contributed by atoms with van der Waals surface area (Å²) in [6.07, 6.45) is 0.112. The molecule has 0 atom stereocenters. The second-order valence-electron chi connectivity index (χ2n) is 5.83. The lowest BCUT2D eigenvalue weighted by Gasteiger charge is -2.08. The van der Waals surface area contributed by atoms with Gasteiger partial charge in [-0.1, -0.05) is 17.3 Å². The van der Waals surface area contributed by atoms with Crippen molar-refractivity contribution >= 4 is 11.8 Å². The highest BCUT2D eigenvalue weighted by Crippen LogP contribution is 2.17. The van der Waals surface area contributed by atoms with Gasteiger partial charge in [0.05, 0.1) is 0 Å². The molecule has 0 aliphatic rings. The van der Waals surface area contributed by atoms with E-state index < -0.39 is 24.2 Å². The molecule has 1 heterocycles. The maximum atomic E-state index is 13.4. The van der Waals surface area contributed by atoms with Gasteiger partial charge in [-0.15, -0.1) is 0 Å². The fourth-order valence-electron chi connectivity index (χ4n) is 2.24. The number of halogens is 2. The summed E-state index contributed by atoms with van der Waals surface area (Å²) < 4.78 is 36.4. The van der Waals surface area contributed by atoms with Gasteiger partial charge >= 0.3 is 0 Å². The van der Waals surface area contributed by atoms with Gasteiger partial charge in [-0.3, -0.25) is 20.4 Å². The number of amides is 2. The highest BCUT2D eigenvalue weighted by atomic mass is 19.1. The number of aromatic nitrogens is 2. The minimum atomic E-state index is -0.655. The number of hydrogen-bond donors (Lipinski definition) is 2. The summed E-state index contributed by atoms with van der Waals surface area (Å²) in [5.74, 6) is -1.70. The lowest BCUT2D eigenvalue weighted by atomic mass is 10.2. The summed E-state index contributed by atoms with van der Waals surface area (Å²) >= 11 is 0. The summed E-state index contributed by atoms with van der Waals surface area (Å²) in [5, 5.41) is 3.77. The van der Waals surface area contributed by atoms with Crippen molar-refractivity contribution < 1.29 is 27.6 Å². The predicted molar refractivity (Wildman–Crippen MR) is 96.2 cm³/mol. The minimum absolute atomic E-state index is 0.0283. The molecule has 0 saturated heterocycles. The first-order valence-corrected chi connectivity index (χ1v) is 8.55. The number of rotatable bonds is 7. The van der Waals surface area contributed by atoms with E-state index in [9.17, 15) is 18.4 Å². The third kappa shape index (κ3) is 5.83. The Morgan fingerprint density at radius 3 is 2.48 bits per heavy atom. The molecule has 3 rings (SSSR count). The summed E-state index contributed by atoms with van der Waals surface area (Å²) in [6.45, 7) is -0.466. The van der Waals surface area contributed by atoms with Crippen LogP contribution in [0.15, 0.2) is 53.1 Å². The largest absolute Gasteiger partial charge is 0.481 e. The zero-order chi connectivity index (χ0) is 20.6. The Morgan fingerprint density at radius 1 is 1.00 bits per heavy atom. The summed E-state index contributed by atoms with van der Waals surface area (Å²) in [5.41, 5.74) is 4.94. The fraction of sp³-hybridized carbons (Fsp3) is 0.158. The van der Waals surface area contributed by atoms with Gasteiger partial charge in [0.15, 0.2) is 18.2 Å². The Balaban J connectivity index is 1.39. The van der Waals surface area contributed by atoms with Gasteiger partial charge in [0, 0.05) is 18.4 Å². The third-order valence-corrected chi connectivity index (χ3v) is 3.67. The highest BCUT2D eigenvalue weighted by Gasteiger charge is 2.12. The minimum Gasteiger partial charge on any atom is -0.481 e. The number of ether oxygens (including phenoxy) is 1. The van der Waals surface area contributed by atoms with Gasteiger partial charge in [-0.05, 0) is 36.4 Å². The lowest BCUT2D eigenvalue weighted by Crippen LogP contribution is -2.43. The maximum absolute atomic E-state index is 13.4. The number of hydrogen-bond acceptors (Lipinski definition) is 6. The van der Waals surface area contributed by atoms with Gasteiger partial charge in [0.25, 0.3) is 5.91 Å². The maximum Gasteiger partial charge on any atom is 0.276 e. The average Bonchev–Trinajstić information content (AvgIpc) is 3.19. The molecule has 0 fully saturated rings. The number of nitrogens with zero attached hydrogens (tertiary/aromatic N) is 2. The summed E-state index contributed by atoms with van der Waals surface area (Å²) in [7, 11) is 0. The van der Waals surface area contributed by atoms with Crippen LogP contribution in [0.1, 0.15) is 12.3 Å². The zero-order valence-electron chi connectivity index (χ0n) is 15.0. The molecule has 150 valence electrons. The van der Waals surface area contributed by atoms with Crippen LogP contribution in [0.4, 0.5) is 8.78 Å². The molecule has 2 amide bonds. The number of carbonyl (C=O) groups excluding carboxylic acids is 2. The molecule has 8 nitrogen and oxygen atoms in total. The van der Waals surface area contributed by atoms with E-state index >= 15 is 0 Å². The average molecular weight is 402 g/mol. The van der Waals surface area contributed by atoms with Crippen molar-refractivity contribution in [3.63, 3.8) is 0 Å². The normalized spacial score (nSPS) is 10.4. The van der Waals surface area contributed by atoms with Gasteiger partial charge in [-0.25, -0.2) is 8.78 Å². The van der Waals surface area contributed by atoms with Crippen LogP contribution < -0.4 is 15.6 Å². The van der Waals surface area contributed by atoms with Crippen molar-refractivity contribution in [1.29, 1.82) is 0 Å². The first kappa shape index (κ1) is 19.9. The molecule has 0 aliphatic heterocycles. The molecule has 0 radical (unpaired) electrons. The Hall–Kier alpha value is -3.82. The van der Waals surface area contributed by atoms with Gasteiger partial charge < -0.3 is 9.26 Å². The Kier molecular flexibility index (Phi) is 6.46. The SMILES string of the molecule is O=C(CCc1nc(-c2ccc(F)cc2)no1)NNC(=O)COc1ccccc1F. The van der Waals surface area contributed by atoms with Crippen molar-refractivity contribution in [1.82, 2.24) is 21.0 Å². The molecule has 29 heavy (non-hydrogen) atoms.